The van der Waals surface area contributed by atoms with Crippen molar-refractivity contribution in [1.29, 1.82) is 0 Å². The highest BCUT2D eigenvalue weighted by molar-refractivity contribution is 7.93. The Kier molecular flexibility index (Phi) is 7.59. The second kappa shape index (κ2) is 11.1. The van der Waals surface area contributed by atoms with Crippen LogP contribution in [-0.4, -0.2) is 66.3 Å². The number of sulfonamides is 1. The summed E-state index contributed by atoms with van der Waals surface area (Å²) in [5, 5.41) is 7.56. The van der Waals surface area contributed by atoms with Crippen LogP contribution in [0.3, 0.4) is 0 Å². The molecule has 0 saturated carbocycles. The number of nitrogens with one attached hydrogen (secondary N) is 1. The van der Waals surface area contributed by atoms with E-state index in [4.69, 9.17) is 18.9 Å². The van der Waals surface area contributed by atoms with Gasteiger partial charge in [0, 0.05) is 31.5 Å². The van der Waals surface area contributed by atoms with Crippen LogP contribution in [0.1, 0.15) is 30.0 Å². The average Bonchev–Trinajstić information content (AvgIpc) is 3.60. The number of rotatable bonds is 10. The van der Waals surface area contributed by atoms with Gasteiger partial charge in [0.1, 0.15) is 34.3 Å². The molecule has 12 nitrogen and oxygen atoms in total. The van der Waals surface area contributed by atoms with Crippen LogP contribution in [0.4, 0.5) is 5.95 Å². The fourth-order valence-electron chi connectivity index (χ4n) is 4.57. The van der Waals surface area contributed by atoms with Gasteiger partial charge < -0.3 is 18.9 Å². The molecule has 0 amide bonds. The van der Waals surface area contributed by atoms with Gasteiger partial charge in [-0.25, -0.2) is 18.4 Å². The van der Waals surface area contributed by atoms with Crippen molar-refractivity contribution in [2.45, 2.75) is 31.6 Å². The number of para-hydroxylation sites is 1. The first-order valence-corrected chi connectivity index (χ1v) is 14.1. The number of benzene rings is 2. The van der Waals surface area contributed by atoms with E-state index in [-0.39, 0.29) is 11.8 Å². The Hall–Kier alpha value is -4.23. The average molecular weight is 567 g/mol. The zero-order valence-electron chi connectivity index (χ0n) is 22.8. The van der Waals surface area contributed by atoms with Crippen molar-refractivity contribution in [2.24, 2.45) is 0 Å². The van der Waals surface area contributed by atoms with E-state index in [1.165, 1.54) is 28.3 Å². The maximum Gasteiger partial charge on any atom is 0.243 e. The predicted molar refractivity (Wildman–Crippen MR) is 148 cm³/mol. The van der Waals surface area contributed by atoms with E-state index in [9.17, 15) is 8.42 Å². The number of hydrogen-bond acceptors (Lipinski definition) is 10. The van der Waals surface area contributed by atoms with Crippen molar-refractivity contribution in [1.82, 2.24) is 24.7 Å². The third-order valence-electron chi connectivity index (χ3n) is 6.69. The van der Waals surface area contributed by atoms with E-state index in [2.05, 4.69) is 24.9 Å². The van der Waals surface area contributed by atoms with Crippen molar-refractivity contribution in [3.8, 4) is 34.3 Å². The molecule has 0 aliphatic carbocycles. The molecule has 1 aliphatic heterocycles. The molecular formula is C27H30N6O6S. The molecule has 0 saturated heterocycles. The molecule has 210 valence electrons. The lowest BCUT2D eigenvalue weighted by molar-refractivity contribution is 0.0949. The van der Waals surface area contributed by atoms with Gasteiger partial charge in [-0.3, -0.25) is 9.29 Å². The molecule has 5 rings (SSSR count). The zero-order valence-corrected chi connectivity index (χ0v) is 23.6. The molecule has 40 heavy (non-hydrogen) atoms. The lowest BCUT2D eigenvalue weighted by atomic mass is 10.1. The topological polar surface area (TPSA) is 140 Å². The summed E-state index contributed by atoms with van der Waals surface area (Å²) in [4.78, 5) is 8.54. The Morgan fingerprint density at radius 3 is 2.38 bits per heavy atom. The van der Waals surface area contributed by atoms with Gasteiger partial charge in [-0.1, -0.05) is 6.07 Å². The molecule has 2 atom stereocenters. The molecule has 0 bridgehead atoms. The number of aryl methyl sites for hydroxylation is 1. The summed E-state index contributed by atoms with van der Waals surface area (Å²) >= 11 is 0. The minimum absolute atomic E-state index is 0.0546. The Balaban J connectivity index is 1.62. The molecule has 3 heterocycles. The number of methoxy groups -OCH3 is 3. The minimum atomic E-state index is -4.11. The van der Waals surface area contributed by atoms with E-state index in [0.29, 0.717) is 35.2 Å². The highest BCUT2D eigenvalue weighted by atomic mass is 32.2. The van der Waals surface area contributed by atoms with Crippen molar-refractivity contribution < 1.29 is 27.4 Å². The van der Waals surface area contributed by atoms with E-state index in [1.807, 2.05) is 25.1 Å². The van der Waals surface area contributed by atoms with Gasteiger partial charge in [-0.2, -0.15) is 0 Å². The third-order valence-corrected chi connectivity index (χ3v) is 8.39. The molecule has 0 fully saturated rings. The number of fused-ring (bicyclic) bond motifs is 1. The molecule has 0 unspecified atom stereocenters. The van der Waals surface area contributed by atoms with E-state index in [0.717, 1.165) is 23.3 Å². The summed E-state index contributed by atoms with van der Waals surface area (Å²) in [6.45, 7) is 3.96. The summed E-state index contributed by atoms with van der Waals surface area (Å²) in [6.07, 6.45) is 3.04. The van der Waals surface area contributed by atoms with E-state index < -0.39 is 21.4 Å². The van der Waals surface area contributed by atoms with Crippen LogP contribution in [0.2, 0.25) is 0 Å². The number of aromatic nitrogens is 5. The van der Waals surface area contributed by atoms with Crippen LogP contribution in [-0.2, 0) is 21.2 Å². The lowest BCUT2D eigenvalue weighted by Gasteiger charge is -2.23. The maximum absolute atomic E-state index is 13.7. The summed E-state index contributed by atoms with van der Waals surface area (Å²) in [6, 6.07) is 10.9. The summed E-state index contributed by atoms with van der Waals surface area (Å²) < 4.78 is 54.1. The molecule has 4 aromatic rings. The van der Waals surface area contributed by atoms with Crippen LogP contribution in [0.15, 0.2) is 48.8 Å². The van der Waals surface area contributed by atoms with Crippen LogP contribution >= 0.6 is 0 Å². The first-order chi connectivity index (χ1) is 19.3. The highest BCUT2D eigenvalue weighted by Crippen LogP contribution is 2.39. The Morgan fingerprint density at radius 1 is 1.02 bits per heavy atom. The first kappa shape index (κ1) is 27.3. The number of hydrogen-bond donors (Lipinski definition) is 1. The third kappa shape index (κ3) is 5.05. The monoisotopic (exact) mass is 566 g/mol. The second-order valence-corrected chi connectivity index (χ2v) is 11.3. The SMILES string of the molecule is COc1cccc(OC)c1-n1c(NS(=O)(=O)[C@@H](C)[C@H](OC)c2ncc(C)cn2)nnc1-c1ccc2c(c1)CCO2. The first-order valence-electron chi connectivity index (χ1n) is 12.5. The molecule has 2 aromatic carbocycles. The Morgan fingerprint density at radius 2 is 1.73 bits per heavy atom. The van der Waals surface area contributed by atoms with Crippen molar-refractivity contribution in [3.63, 3.8) is 0 Å². The van der Waals surface area contributed by atoms with E-state index in [1.54, 1.807) is 35.2 Å². The van der Waals surface area contributed by atoms with Crippen LogP contribution in [0.25, 0.3) is 17.1 Å². The lowest BCUT2D eigenvalue weighted by Crippen LogP contribution is -2.33. The summed E-state index contributed by atoms with van der Waals surface area (Å²) in [7, 11) is 0.343. The van der Waals surface area contributed by atoms with Crippen LogP contribution in [0.5, 0.6) is 17.2 Å². The van der Waals surface area contributed by atoms with Gasteiger partial charge in [-0.15, -0.1) is 10.2 Å². The molecule has 0 spiro atoms. The van der Waals surface area contributed by atoms with Gasteiger partial charge in [0.05, 0.1) is 20.8 Å². The van der Waals surface area contributed by atoms with Gasteiger partial charge >= 0.3 is 0 Å². The van der Waals surface area contributed by atoms with Gasteiger partial charge in [0.25, 0.3) is 0 Å². The van der Waals surface area contributed by atoms with Crippen LogP contribution in [0, 0.1) is 6.92 Å². The number of nitrogens with zero attached hydrogens (tertiary/aromatic N) is 5. The minimum Gasteiger partial charge on any atom is -0.494 e. The second-order valence-electron chi connectivity index (χ2n) is 9.24. The molecule has 0 radical (unpaired) electrons. The normalized spacial score (nSPS) is 14.2. The molecule has 2 aromatic heterocycles. The van der Waals surface area contributed by atoms with Gasteiger partial charge in [0.2, 0.25) is 16.0 Å². The Bertz CT molecular complexity index is 1600. The van der Waals surface area contributed by atoms with Gasteiger partial charge in [0.15, 0.2) is 11.6 Å². The standard InChI is InChI=1S/C27H30N6O6S/c1-16-14-28-25(29-15-16)24(38-5)17(2)40(34,35)32-27-31-30-26(19-9-10-20-18(13-19)11-12-39-20)33(27)23-21(36-3)7-6-8-22(23)37-4/h6-10,13-15,17,24H,11-12H2,1-5H3,(H,31,32)/t17-,24-/m0/s1. The van der Waals surface area contributed by atoms with Crippen molar-refractivity contribution in [2.75, 3.05) is 32.7 Å². The summed E-state index contributed by atoms with van der Waals surface area (Å²) in [5.41, 5.74) is 3.01. The fraction of sp³-hybridized carbons (Fsp3) is 0.333. The quantitative estimate of drug-likeness (QED) is 0.303. The molecule has 1 aliphatic rings. The van der Waals surface area contributed by atoms with Crippen molar-refractivity contribution in [3.05, 3.63) is 65.7 Å². The van der Waals surface area contributed by atoms with E-state index >= 15 is 0 Å². The maximum atomic E-state index is 13.7. The predicted octanol–water partition coefficient (Wildman–Crippen LogP) is 3.50. The molecular weight excluding hydrogens is 536 g/mol. The summed E-state index contributed by atoms with van der Waals surface area (Å²) in [5.74, 6) is 2.25. The van der Waals surface area contributed by atoms with Crippen LogP contribution < -0.4 is 18.9 Å². The van der Waals surface area contributed by atoms with Crippen molar-refractivity contribution >= 4 is 16.0 Å². The Labute approximate surface area is 232 Å². The fourth-order valence-corrected chi connectivity index (χ4v) is 5.70. The number of ether oxygens (including phenoxy) is 4. The smallest absolute Gasteiger partial charge is 0.243 e. The zero-order chi connectivity index (χ0) is 28.4. The molecule has 1 N–H and O–H groups in total. The largest absolute Gasteiger partial charge is 0.494 e. The van der Waals surface area contributed by atoms with Gasteiger partial charge in [-0.05, 0) is 55.3 Å². The molecule has 13 heteroatoms. The number of anilines is 1. The highest BCUT2D eigenvalue weighted by Gasteiger charge is 2.35.